The van der Waals surface area contributed by atoms with Crippen LogP contribution >= 0.6 is 23.2 Å². The molecule has 3 N–H and O–H groups in total. The van der Waals surface area contributed by atoms with Crippen molar-refractivity contribution in [3.05, 3.63) is 27.7 Å². The standard InChI is InChI=1S/C14H18Cl2N2O2/c1-8(19)18-14(9-2-4-17-5-3-9)10-6-11(15)12(16)7-13(10)20/h6-7,9,14,17,20H,2-5H2,1H3,(H,18,19). The molecule has 0 aliphatic carbocycles. The Bertz CT molecular complexity index is 502. The van der Waals surface area contributed by atoms with Gasteiger partial charge >= 0.3 is 0 Å². The zero-order valence-corrected chi connectivity index (χ0v) is 12.8. The lowest BCUT2D eigenvalue weighted by Crippen LogP contribution is -2.38. The Morgan fingerprint density at radius 3 is 2.55 bits per heavy atom. The van der Waals surface area contributed by atoms with Crippen LogP contribution in [0.4, 0.5) is 0 Å². The normalized spacial score (nSPS) is 17.8. The van der Waals surface area contributed by atoms with Crippen molar-refractivity contribution in [1.29, 1.82) is 0 Å². The van der Waals surface area contributed by atoms with Crippen LogP contribution in [0.25, 0.3) is 0 Å². The van der Waals surface area contributed by atoms with E-state index in [2.05, 4.69) is 10.6 Å². The van der Waals surface area contributed by atoms with Crippen molar-refractivity contribution in [2.75, 3.05) is 13.1 Å². The van der Waals surface area contributed by atoms with Gasteiger partial charge in [-0.1, -0.05) is 23.2 Å². The summed E-state index contributed by atoms with van der Waals surface area (Å²) < 4.78 is 0. The molecule has 1 saturated heterocycles. The van der Waals surface area contributed by atoms with E-state index in [1.165, 1.54) is 13.0 Å². The lowest BCUT2D eigenvalue weighted by atomic mass is 9.85. The molecule has 0 radical (unpaired) electrons. The Balaban J connectivity index is 2.34. The lowest BCUT2D eigenvalue weighted by Gasteiger charge is -2.32. The van der Waals surface area contributed by atoms with Crippen LogP contribution in [0.5, 0.6) is 5.75 Å². The number of piperidine rings is 1. The molecule has 1 aromatic rings. The van der Waals surface area contributed by atoms with Gasteiger partial charge in [0, 0.05) is 18.6 Å². The molecule has 20 heavy (non-hydrogen) atoms. The number of carbonyl (C=O) groups excluding carboxylic acids is 1. The average Bonchev–Trinajstić information content (AvgIpc) is 2.41. The van der Waals surface area contributed by atoms with Crippen molar-refractivity contribution in [2.24, 2.45) is 5.92 Å². The second-order valence-electron chi connectivity index (χ2n) is 5.09. The van der Waals surface area contributed by atoms with Crippen molar-refractivity contribution >= 4 is 29.1 Å². The van der Waals surface area contributed by atoms with E-state index in [0.29, 0.717) is 15.6 Å². The van der Waals surface area contributed by atoms with Crippen molar-refractivity contribution in [3.8, 4) is 5.75 Å². The lowest BCUT2D eigenvalue weighted by molar-refractivity contribution is -0.120. The molecule has 2 rings (SSSR count). The SMILES string of the molecule is CC(=O)NC(c1cc(Cl)c(Cl)cc1O)C1CCNCC1. The predicted molar refractivity (Wildman–Crippen MR) is 80.3 cm³/mol. The molecular weight excluding hydrogens is 299 g/mol. The Kier molecular flexibility index (Phi) is 5.13. The summed E-state index contributed by atoms with van der Waals surface area (Å²) in [6.45, 7) is 3.29. The molecule has 1 aliphatic rings. The second-order valence-corrected chi connectivity index (χ2v) is 5.91. The number of hydrogen-bond acceptors (Lipinski definition) is 3. The molecule has 110 valence electrons. The minimum absolute atomic E-state index is 0.0664. The van der Waals surface area contributed by atoms with E-state index < -0.39 is 0 Å². The van der Waals surface area contributed by atoms with Crippen molar-refractivity contribution < 1.29 is 9.90 Å². The van der Waals surface area contributed by atoms with Crippen LogP contribution in [0.3, 0.4) is 0 Å². The van der Waals surface area contributed by atoms with E-state index in [1.54, 1.807) is 6.07 Å². The minimum atomic E-state index is -0.246. The molecule has 1 unspecified atom stereocenters. The van der Waals surface area contributed by atoms with Gasteiger partial charge in [-0.05, 0) is 37.9 Å². The van der Waals surface area contributed by atoms with Crippen molar-refractivity contribution in [2.45, 2.75) is 25.8 Å². The summed E-state index contributed by atoms with van der Waals surface area (Å²) in [5.41, 5.74) is 0.626. The first-order valence-electron chi connectivity index (χ1n) is 6.64. The number of phenols is 1. The van der Waals surface area contributed by atoms with E-state index in [9.17, 15) is 9.90 Å². The van der Waals surface area contributed by atoms with Gasteiger partial charge in [-0.2, -0.15) is 0 Å². The fraction of sp³-hybridized carbons (Fsp3) is 0.500. The smallest absolute Gasteiger partial charge is 0.217 e. The summed E-state index contributed by atoms with van der Waals surface area (Å²) in [6, 6.07) is 2.82. The van der Waals surface area contributed by atoms with Gasteiger partial charge in [0.05, 0.1) is 16.1 Å². The minimum Gasteiger partial charge on any atom is -0.508 e. The summed E-state index contributed by atoms with van der Waals surface area (Å²) in [5, 5.41) is 17.0. The Morgan fingerprint density at radius 1 is 1.35 bits per heavy atom. The van der Waals surface area contributed by atoms with E-state index in [0.717, 1.165) is 25.9 Å². The molecular formula is C14H18Cl2N2O2. The van der Waals surface area contributed by atoms with Crippen LogP contribution in [-0.4, -0.2) is 24.1 Å². The molecule has 1 fully saturated rings. The third-order valence-electron chi connectivity index (χ3n) is 3.62. The van der Waals surface area contributed by atoms with Gasteiger partial charge < -0.3 is 15.7 Å². The van der Waals surface area contributed by atoms with E-state index >= 15 is 0 Å². The monoisotopic (exact) mass is 316 g/mol. The highest BCUT2D eigenvalue weighted by Gasteiger charge is 2.28. The quantitative estimate of drug-likeness (QED) is 0.803. The second kappa shape index (κ2) is 6.66. The Labute approximate surface area is 128 Å². The molecule has 0 aromatic heterocycles. The molecule has 1 amide bonds. The van der Waals surface area contributed by atoms with Crippen LogP contribution < -0.4 is 10.6 Å². The van der Waals surface area contributed by atoms with Crippen molar-refractivity contribution in [3.63, 3.8) is 0 Å². The number of hydrogen-bond donors (Lipinski definition) is 3. The van der Waals surface area contributed by atoms with Gasteiger partial charge in [0.25, 0.3) is 0 Å². The topological polar surface area (TPSA) is 61.4 Å². The fourth-order valence-electron chi connectivity index (χ4n) is 2.65. The molecule has 0 spiro atoms. The van der Waals surface area contributed by atoms with Crippen molar-refractivity contribution in [1.82, 2.24) is 10.6 Å². The number of rotatable bonds is 3. The molecule has 0 saturated carbocycles. The molecule has 1 aliphatic heterocycles. The summed E-state index contributed by atoms with van der Waals surface area (Å²) in [5.74, 6) is 0.207. The van der Waals surface area contributed by atoms with Gasteiger partial charge in [-0.25, -0.2) is 0 Å². The third kappa shape index (κ3) is 3.57. The number of carbonyl (C=O) groups is 1. The zero-order valence-electron chi connectivity index (χ0n) is 11.2. The molecule has 0 bridgehead atoms. The molecule has 1 atom stereocenters. The number of amides is 1. The zero-order chi connectivity index (χ0) is 14.7. The number of nitrogens with one attached hydrogen (secondary N) is 2. The van der Waals surface area contributed by atoms with Gasteiger partial charge in [0.2, 0.25) is 5.91 Å². The van der Waals surface area contributed by atoms with E-state index in [1.807, 2.05) is 0 Å². The molecule has 4 nitrogen and oxygen atoms in total. The Hall–Kier alpha value is -0.970. The maximum atomic E-state index is 11.5. The number of phenolic OH excluding ortho intramolecular Hbond substituents is 1. The first-order valence-corrected chi connectivity index (χ1v) is 7.40. The van der Waals surface area contributed by atoms with Gasteiger partial charge in [-0.15, -0.1) is 0 Å². The van der Waals surface area contributed by atoms with Crippen LogP contribution in [0.2, 0.25) is 10.0 Å². The molecule has 6 heteroatoms. The van der Waals surface area contributed by atoms with E-state index in [4.69, 9.17) is 23.2 Å². The summed E-state index contributed by atoms with van der Waals surface area (Å²) in [7, 11) is 0. The maximum Gasteiger partial charge on any atom is 0.217 e. The third-order valence-corrected chi connectivity index (χ3v) is 4.34. The van der Waals surface area contributed by atoms with Gasteiger partial charge in [0.15, 0.2) is 0 Å². The van der Waals surface area contributed by atoms with Gasteiger partial charge in [-0.3, -0.25) is 4.79 Å². The van der Waals surface area contributed by atoms with Crippen LogP contribution in [-0.2, 0) is 4.79 Å². The average molecular weight is 317 g/mol. The summed E-state index contributed by atoms with van der Waals surface area (Å²) >= 11 is 11.9. The van der Waals surface area contributed by atoms with Crippen LogP contribution in [0, 0.1) is 5.92 Å². The largest absolute Gasteiger partial charge is 0.508 e. The highest BCUT2D eigenvalue weighted by molar-refractivity contribution is 6.42. The first-order chi connectivity index (χ1) is 9.49. The number of halogens is 2. The predicted octanol–water partition coefficient (Wildman–Crippen LogP) is 2.88. The van der Waals surface area contributed by atoms with Crippen LogP contribution in [0.1, 0.15) is 31.4 Å². The highest BCUT2D eigenvalue weighted by atomic mass is 35.5. The molecule has 1 aromatic carbocycles. The van der Waals surface area contributed by atoms with Crippen LogP contribution in [0.15, 0.2) is 12.1 Å². The van der Waals surface area contributed by atoms with Gasteiger partial charge in [0.1, 0.15) is 5.75 Å². The first kappa shape index (κ1) is 15.4. The number of aromatic hydroxyl groups is 1. The maximum absolute atomic E-state index is 11.5. The van der Waals surface area contributed by atoms with E-state index in [-0.39, 0.29) is 23.6 Å². The summed E-state index contributed by atoms with van der Waals surface area (Å²) in [6.07, 6.45) is 1.87. The summed E-state index contributed by atoms with van der Waals surface area (Å²) in [4.78, 5) is 11.5. The molecule has 1 heterocycles. The number of benzene rings is 1. The highest BCUT2D eigenvalue weighted by Crippen LogP contribution is 2.38. The Morgan fingerprint density at radius 2 is 1.95 bits per heavy atom. The fourth-order valence-corrected chi connectivity index (χ4v) is 2.98.